The van der Waals surface area contributed by atoms with Gasteiger partial charge < -0.3 is 20.7 Å². The summed E-state index contributed by atoms with van der Waals surface area (Å²) in [5.74, 6) is 0.0906. The lowest BCUT2D eigenvalue weighted by atomic mass is 9.97. The van der Waals surface area contributed by atoms with Gasteiger partial charge in [-0.1, -0.05) is 36.4 Å². The quantitative estimate of drug-likeness (QED) is 0.702. The van der Waals surface area contributed by atoms with Crippen LogP contribution >= 0.6 is 0 Å². The lowest BCUT2D eigenvalue weighted by Gasteiger charge is -2.34. The molecule has 0 unspecified atom stereocenters. The zero-order valence-electron chi connectivity index (χ0n) is 17.7. The van der Waals surface area contributed by atoms with Crippen molar-refractivity contribution in [3.63, 3.8) is 0 Å². The summed E-state index contributed by atoms with van der Waals surface area (Å²) in [5.41, 5.74) is 10.2. The first kappa shape index (κ1) is 21.0. The highest BCUT2D eigenvalue weighted by Gasteiger charge is 2.40. The molecule has 2 aromatic rings. The summed E-state index contributed by atoms with van der Waals surface area (Å²) in [6, 6.07) is 12.7. The highest BCUT2D eigenvalue weighted by atomic mass is 16.5. The third kappa shape index (κ3) is 4.72. The summed E-state index contributed by atoms with van der Waals surface area (Å²) >= 11 is 0. The van der Waals surface area contributed by atoms with E-state index in [2.05, 4.69) is 30.4 Å². The highest BCUT2D eigenvalue weighted by molar-refractivity contribution is 5.82. The molecule has 6 nitrogen and oxygen atoms in total. The SMILES string of the molecule is C[C@H](c1cnc(-c2ccccc2)c(CCCN)c1)N(C(=O)[C@H]1CNCCO1)C1CC1. The predicted molar refractivity (Wildman–Crippen MR) is 118 cm³/mol. The highest BCUT2D eigenvalue weighted by Crippen LogP contribution is 2.36. The fraction of sp³-hybridized carbons (Fsp3) is 0.500. The molecule has 4 rings (SSSR count). The minimum atomic E-state index is -0.393. The van der Waals surface area contributed by atoms with Gasteiger partial charge in [0.15, 0.2) is 0 Å². The largest absolute Gasteiger partial charge is 0.366 e. The molecule has 1 amide bonds. The molecule has 30 heavy (non-hydrogen) atoms. The number of benzene rings is 1. The molecule has 1 aliphatic carbocycles. The van der Waals surface area contributed by atoms with Crippen molar-refractivity contribution in [1.29, 1.82) is 0 Å². The van der Waals surface area contributed by atoms with E-state index in [4.69, 9.17) is 15.5 Å². The number of nitrogens with two attached hydrogens (primary N) is 1. The average molecular weight is 409 g/mol. The van der Waals surface area contributed by atoms with Crippen molar-refractivity contribution in [1.82, 2.24) is 15.2 Å². The number of pyridine rings is 1. The van der Waals surface area contributed by atoms with Crippen LogP contribution in [0.1, 0.15) is 43.4 Å². The maximum atomic E-state index is 13.3. The summed E-state index contributed by atoms with van der Waals surface area (Å²) in [7, 11) is 0. The third-order valence-corrected chi connectivity index (χ3v) is 5.98. The molecule has 1 saturated heterocycles. The van der Waals surface area contributed by atoms with E-state index in [9.17, 15) is 4.79 Å². The lowest BCUT2D eigenvalue weighted by molar-refractivity contribution is -0.148. The van der Waals surface area contributed by atoms with Crippen molar-refractivity contribution >= 4 is 5.91 Å². The summed E-state index contributed by atoms with van der Waals surface area (Å²) in [4.78, 5) is 20.1. The van der Waals surface area contributed by atoms with Crippen molar-refractivity contribution in [2.75, 3.05) is 26.2 Å². The number of carbonyl (C=O) groups is 1. The molecule has 1 saturated carbocycles. The number of nitrogens with zero attached hydrogens (tertiary/aromatic N) is 2. The monoisotopic (exact) mass is 408 g/mol. The maximum Gasteiger partial charge on any atom is 0.253 e. The Balaban J connectivity index is 1.61. The van der Waals surface area contributed by atoms with Crippen LogP contribution in [0.5, 0.6) is 0 Å². The number of morpholine rings is 1. The Morgan fingerprint density at radius 3 is 2.80 bits per heavy atom. The van der Waals surface area contributed by atoms with Gasteiger partial charge in [-0.2, -0.15) is 0 Å². The number of carbonyl (C=O) groups excluding carboxylic acids is 1. The van der Waals surface area contributed by atoms with E-state index in [1.165, 1.54) is 5.56 Å². The van der Waals surface area contributed by atoms with Crippen molar-refractivity contribution in [3.8, 4) is 11.3 Å². The van der Waals surface area contributed by atoms with Crippen LogP contribution in [0.25, 0.3) is 11.3 Å². The molecule has 0 bridgehead atoms. The summed E-state index contributed by atoms with van der Waals surface area (Å²) in [5, 5.41) is 3.27. The number of hydrogen-bond donors (Lipinski definition) is 2. The van der Waals surface area contributed by atoms with Crippen molar-refractivity contribution in [2.45, 2.75) is 50.8 Å². The van der Waals surface area contributed by atoms with E-state index in [1.807, 2.05) is 29.3 Å². The van der Waals surface area contributed by atoms with E-state index in [-0.39, 0.29) is 11.9 Å². The second-order valence-corrected chi connectivity index (χ2v) is 8.25. The van der Waals surface area contributed by atoms with Crippen molar-refractivity contribution in [3.05, 3.63) is 53.7 Å². The van der Waals surface area contributed by atoms with Gasteiger partial charge in [0.25, 0.3) is 5.91 Å². The summed E-state index contributed by atoms with van der Waals surface area (Å²) in [6.07, 6.45) is 5.45. The molecule has 2 heterocycles. The Hall–Kier alpha value is -2.28. The maximum absolute atomic E-state index is 13.3. The fourth-order valence-corrected chi connectivity index (χ4v) is 4.19. The van der Waals surface area contributed by atoms with Crippen LogP contribution in [0.4, 0.5) is 0 Å². The van der Waals surface area contributed by atoms with E-state index < -0.39 is 6.10 Å². The first-order valence-corrected chi connectivity index (χ1v) is 11.1. The molecule has 2 atom stereocenters. The van der Waals surface area contributed by atoms with Crippen LogP contribution < -0.4 is 11.1 Å². The van der Waals surface area contributed by atoms with Crippen LogP contribution in [-0.2, 0) is 16.0 Å². The van der Waals surface area contributed by atoms with Gasteiger partial charge >= 0.3 is 0 Å². The zero-order chi connectivity index (χ0) is 20.9. The van der Waals surface area contributed by atoms with E-state index in [0.29, 0.717) is 25.7 Å². The number of amides is 1. The van der Waals surface area contributed by atoms with Gasteiger partial charge in [0.1, 0.15) is 6.10 Å². The minimum absolute atomic E-state index is 0.0375. The molecule has 2 fully saturated rings. The molecule has 6 heteroatoms. The Labute approximate surface area is 178 Å². The standard InChI is InChI=1S/C24H32N4O2/c1-17(28(21-9-10-21)24(29)22-16-26-12-13-30-22)20-14-19(8-5-11-25)23(27-15-20)18-6-3-2-4-7-18/h2-4,6-7,14-15,17,21-22,26H,5,8-13,16,25H2,1H3/t17-,22-/m1/s1. The van der Waals surface area contributed by atoms with Gasteiger partial charge in [-0.15, -0.1) is 0 Å². The first-order chi connectivity index (χ1) is 14.7. The second kappa shape index (κ2) is 9.69. The molecule has 1 aromatic carbocycles. The van der Waals surface area contributed by atoms with Gasteiger partial charge in [-0.05, 0) is 50.3 Å². The van der Waals surface area contributed by atoms with Gasteiger partial charge in [-0.25, -0.2) is 0 Å². The van der Waals surface area contributed by atoms with E-state index in [1.54, 1.807) is 0 Å². The molecule has 3 N–H and O–H groups in total. The van der Waals surface area contributed by atoms with Gasteiger partial charge in [-0.3, -0.25) is 9.78 Å². The first-order valence-electron chi connectivity index (χ1n) is 11.1. The topological polar surface area (TPSA) is 80.5 Å². The molecule has 1 aliphatic heterocycles. The fourth-order valence-electron chi connectivity index (χ4n) is 4.19. The number of ether oxygens (including phenoxy) is 1. The smallest absolute Gasteiger partial charge is 0.253 e. The molecule has 2 aliphatic rings. The van der Waals surface area contributed by atoms with Crippen LogP contribution in [-0.4, -0.2) is 54.2 Å². The Bertz CT molecular complexity index is 848. The van der Waals surface area contributed by atoms with Crippen LogP contribution in [0.2, 0.25) is 0 Å². The average Bonchev–Trinajstić information content (AvgIpc) is 3.64. The Kier molecular flexibility index (Phi) is 6.77. The van der Waals surface area contributed by atoms with Crippen LogP contribution in [0.15, 0.2) is 42.6 Å². The van der Waals surface area contributed by atoms with Gasteiger partial charge in [0, 0.05) is 30.9 Å². The van der Waals surface area contributed by atoms with E-state index >= 15 is 0 Å². The number of rotatable bonds is 8. The normalized spacial score (nSPS) is 20.0. The van der Waals surface area contributed by atoms with Crippen LogP contribution in [0, 0.1) is 0 Å². The molecule has 160 valence electrons. The van der Waals surface area contributed by atoms with Gasteiger partial charge in [0.2, 0.25) is 0 Å². The number of nitrogens with one attached hydrogen (secondary N) is 1. The van der Waals surface area contributed by atoms with Gasteiger partial charge in [0.05, 0.1) is 18.3 Å². The molecule has 0 radical (unpaired) electrons. The van der Waals surface area contributed by atoms with Crippen LogP contribution in [0.3, 0.4) is 0 Å². The number of aromatic nitrogens is 1. The third-order valence-electron chi connectivity index (χ3n) is 5.98. The number of hydrogen-bond acceptors (Lipinski definition) is 5. The zero-order valence-corrected chi connectivity index (χ0v) is 17.7. The minimum Gasteiger partial charge on any atom is -0.366 e. The Morgan fingerprint density at radius 2 is 2.13 bits per heavy atom. The second-order valence-electron chi connectivity index (χ2n) is 8.25. The summed E-state index contributed by atoms with van der Waals surface area (Å²) < 4.78 is 5.76. The van der Waals surface area contributed by atoms with E-state index in [0.717, 1.165) is 49.0 Å². The molecular weight excluding hydrogens is 376 g/mol. The van der Waals surface area contributed by atoms with Crippen molar-refractivity contribution in [2.24, 2.45) is 5.73 Å². The molecular formula is C24H32N4O2. The predicted octanol–water partition coefficient (Wildman–Crippen LogP) is 2.68. The number of aryl methyl sites for hydroxylation is 1. The Morgan fingerprint density at radius 1 is 1.33 bits per heavy atom. The molecule has 1 aromatic heterocycles. The lowest BCUT2D eigenvalue weighted by Crippen LogP contribution is -2.50. The van der Waals surface area contributed by atoms with Crippen molar-refractivity contribution < 1.29 is 9.53 Å². The molecule has 0 spiro atoms. The summed E-state index contributed by atoms with van der Waals surface area (Å²) in [6.45, 7) is 4.73.